The zero-order valence-electron chi connectivity index (χ0n) is 34.0. The Labute approximate surface area is 364 Å². The standard InChI is InChI=1S/C59H36N2O2/c1-2-15-39(16-3-1)58-60-52(38-31-29-37(30-32-38)42-22-14-23-47-46-21-8-12-27-54(46)63-57(42)47)36-53(61-58)45-20-5-4-17-41(45)40-33-34-51-56(35-40)62-55-28-13-11-26-50(55)59(51)48-24-9-6-18-43(48)44-19-7-10-25-49(44)59/h1-36H. The first-order valence-corrected chi connectivity index (χ1v) is 21.4. The summed E-state index contributed by atoms with van der Waals surface area (Å²) >= 11 is 0. The van der Waals surface area contributed by atoms with Crippen LogP contribution in [0.5, 0.6) is 11.5 Å². The zero-order chi connectivity index (χ0) is 41.5. The van der Waals surface area contributed by atoms with Gasteiger partial charge in [-0.15, -0.1) is 0 Å². The fraction of sp³-hybridized carbons (Fsp3) is 0.0169. The van der Waals surface area contributed by atoms with Crippen molar-refractivity contribution in [3.05, 3.63) is 241 Å². The van der Waals surface area contributed by atoms with E-state index in [-0.39, 0.29) is 0 Å². The highest BCUT2D eigenvalue weighted by molar-refractivity contribution is 6.09. The number of ether oxygens (including phenoxy) is 1. The van der Waals surface area contributed by atoms with Gasteiger partial charge >= 0.3 is 0 Å². The Balaban J connectivity index is 0.943. The molecule has 3 heterocycles. The Morgan fingerprint density at radius 3 is 1.70 bits per heavy atom. The van der Waals surface area contributed by atoms with Gasteiger partial charge in [0.05, 0.1) is 16.8 Å². The summed E-state index contributed by atoms with van der Waals surface area (Å²) < 4.78 is 13.3. The molecule has 2 aliphatic rings. The predicted octanol–water partition coefficient (Wildman–Crippen LogP) is 15.2. The summed E-state index contributed by atoms with van der Waals surface area (Å²) in [6.45, 7) is 0. The van der Waals surface area contributed by atoms with Gasteiger partial charge in [0.25, 0.3) is 0 Å². The molecule has 1 aliphatic carbocycles. The largest absolute Gasteiger partial charge is 0.457 e. The molecule has 13 rings (SSSR count). The van der Waals surface area contributed by atoms with Crippen molar-refractivity contribution >= 4 is 21.9 Å². The van der Waals surface area contributed by atoms with Gasteiger partial charge in [-0.1, -0.05) is 194 Å². The molecule has 0 fully saturated rings. The van der Waals surface area contributed by atoms with E-state index in [9.17, 15) is 0 Å². The lowest BCUT2D eigenvalue weighted by atomic mass is 9.66. The fourth-order valence-electron chi connectivity index (χ4n) is 10.2. The van der Waals surface area contributed by atoms with Crippen molar-refractivity contribution in [1.82, 2.24) is 9.97 Å². The second kappa shape index (κ2) is 13.8. The summed E-state index contributed by atoms with van der Waals surface area (Å²) in [5, 5.41) is 2.23. The third-order valence-electron chi connectivity index (χ3n) is 13.0. The van der Waals surface area contributed by atoms with Crippen LogP contribution in [0.25, 0.3) is 89.2 Å². The minimum atomic E-state index is -0.518. The van der Waals surface area contributed by atoms with Crippen molar-refractivity contribution in [3.63, 3.8) is 0 Å². The van der Waals surface area contributed by atoms with E-state index >= 15 is 0 Å². The molecule has 0 bridgehead atoms. The quantitative estimate of drug-likeness (QED) is 0.174. The number of para-hydroxylation sites is 3. The highest BCUT2D eigenvalue weighted by atomic mass is 16.5. The second-order valence-electron chi connectivity index (χ2n) is 16.4. The molecule has 0 saturated heterocycles. The number of benzene rings is 9. The fourth-order valence-corrected chi connectivity index (χ4v) is 10.2. The van der Waals surface area contributed by atoms with Crippen molar-refractivity contribution in [2.45, 2.75) is 5.41 Å². The van der Waals surface area contributed by atoms with E-state index in [0.29, 0.717) is 5.82 Å². The van der Waals surface area contributed by atoms with Crippen LogP contribution in [0.4, 0.5) is 0 Å². The Hall–Kier alpha value is -8.34. The van der Waals surface area contributed by atoms with E-state index in [0.717, 1.165) is 94.9 Å². The Morgan fingerprint density at radius 1 is 0.333 bits per heavy atom. The van der Waals surface area contributed by atoms with E-state index in [4.69, 9.17) is 19.1 Å². The first kappa shape index (κ1) is 35.4. The van der Waals surface area contributed by atoms with E-state index in [1.807, 2.05) is 30.3 Å². The minimum Gasteiger partial charge on any atom is -0.457 e. The van der Waals surface area contributed by atoms with Gasteiger partial charge in [-0.2, -0.15) is 0 Å². The first-order chi connectivity index (χ1) is 31.2. The van der Waals surface area contributed by atoms with Crippen molar-refractivity contribution in [3.8, 4) is 78.8 Å². The predicted molar refractivity (Wildman–Crippen MR) is 254 cm³/mol. The van der Waals surface area contributed by atoms with Crippen LogP contribution in [0.3, 0.4) is 0 Å². The molecule has 294 valence electrons. The van der Waals surface area contributed by atoms with Crippen LogP contribution < -0.4 is 4.74 Å². The summed E-state index contributed by atoms with van der Waals surface area (Å²) in [5.41, 5.74) is 17.5. The third-order valence-corrected chi connectivity index (χ3v) is 13.0. The van der Waals surface area contributed by atoms with Crippen molar-refractivity contribution < 1.29 is 9.15 Å². The van der Waals surface area contributed by atoms with Crippen LogP contribution in [0.15, 0.2) is 223 Å². The van der Waals surface area contributed by atoms with Crippen LogP contribution in [-0.4, -0.2) is 9.97 Å². The molecule has 0 atom stereocenters. The van der Waals surface area contributed by atoms with E-state index in [1.165, 1.54) is 22.3 Å². The zero-order valence-corrected chi connectivity index (χ0v) is 34.0. The average Bonchev–Trinajstić information content (AvgIpc) is 3.88. The molecule has 9 aromatic carbocycles. The maximum absolute atomic E-state index is 6.90. The third kappa shape index (κ3) is 5.35. The lowest BCUT2D eigenvalue weighted by Crippen LogP contribution is -2.32. The summed E-state index contributed by atoms with van der Waals surface area (Å²) in [5.74, 6) is 2.38. The Bertz CT molecular complexity index is 3560. The summed E-state index contributed by atoms with van der Waals surface area (Å²) in [6.07, 6.45) is 0. The number of rotatable bonds is 5. The summed E-state index contributed by atoms with van der Waals surface area (Å²) in [6, 6.07) is 77.0. The molecular formula is C59H36N2O2. The molecule has 0 amide bonds. The second-order valence-corrected chi connectivity index (χ2v) is 16.4. The topological polar surface area (TPSA) is 48.2 Å². The van der Waals surface area contributed by atoms with Gasteiger partial charge in [0.1, 0.15) is 22.7 Å². The number of furan rings is 1. The lowest BCUT2D eigenvalue weighted by molar-refractivity contribution is 0.436. The number of hydrogen-bond donors (Lipinski definition) is 0. The van der Waals surface area contributed by atoms with Crippen molar-refractivity contribution in [1.29, 1.82) is 0 Å². The molecule has 2 aromatic heterocycles. The molecule has 63 heavy (non-hydrogen) atoms. The molecule has 1 aliphatic heterocycles. The van der Waals surface area contributed by atoms with Gasteiger partial charge in [-0.25, -0.2) is 9.97 Å². The van der Waals surface area contributed by atoms with Gasteiger partial charge in [0.15, 0.2) is 5.82 Å². The number of fused-ring (bicyclic) bond motifs is 12. The maximum atomic E-state index is 6.90. The van der Waals surface area contributed by atoms with Crippen LogP contribution in [-0.2, 0) is 5.41 Å². The SMILES string of the molecule is c1ccc(-c2nc(-c3ccc(-c4cccc5c4oc4ccccc45)cc3)cc(-c3ccccc3-c3ccc4c(c3)Oc3ccccc3C43c4ccccc4-c4ccccc43)n2)cc1. The van der Waals surface area contributed by atoms with Crippen molar-refractivity contribution in [2.75, 3.05) is 0 Å². The number of nitrogens with zero attached hydrogens (tertiary/aromatic N) is 2. The monoisotopic (exact) mass is 804 g/mol. The highest BCUT2D eigenvalue weighted by Crippen LogP contribution is 2.62. The van der Waals surface area contributed by atoms with Crippen LogP contribution in [0, 0.1) is 0 Å². The molecular weight excluding hydrogens is 769 g/mol. The van der Waals surface area contributed by atoms with E-state index < -0.39 is 5.41 Å². The molecule has 0 saturated carbocycles. The first-order valence-electron chi connectivity index (χ1n) is 21.4. The molecule has 0 N–H and O–H groups in total. The number of aromatic nitrogens is 2. The molecule has 4 nitrogen and oxygen atoms in total. The van der Waals surface area contributed by atoms with E-state index in [2.05, 4.69) is 188 Å². The van der Waals surface area contributed by atoms with E-state index in [1.54, 1.807) is 0 Å². The van der Waals surface area contributed by atoms with Gasteiger partial charge < -0.3 is 9.15 Å². The molecule has 0 radical (unpaired) electrons. The summed E-state index contributed by atoms with van der Waals surface area (Å²) in [4.78, 5) is 10.5. The van der Waals surface area contributed by atoms with Gasteiger partial charge in [-0.3, -0.25) is 0 Å². The lowest BCUT2D eigenvalue weighted by Gasteiger charge is -2.39. The normalized spacial score (nSPS) is 13.0. The molecule has 11 aromatic rings. The smallest absolute Gasteiger partial charge is 0.160 e. The molecule has 0 unspecified atom stereocenters. The number of hydrogen-bond acceptors (Lipinski definition) is 4. The minimum absolute atomic E-state index is 0.518. The summed E-state index contributed by atoms with van der Waals surface area (Å²) in [7, 11) is 0. The van der Waals surface area contributed by atoms with Crippen molar-refractivity contribution in [2.24, 2.45) is 0 Å². The highest BCUT2D eigenvalue weighted by Gasteiger charge is 2.50. The van der Waals surface area contributed by atoms with Gasteiger partial charge in [0.2, 0.25) is 0 Å². The molecule has 4 heteroatoms. The average molecular weight is 805 g/mol. The Kier molecular flexibility index (Phi) is 7.79. The van der Waals surface area contributed by atoms with Crippen LogP contribution in [0.2, 0.25) is 0 Å². The van der Waals surface area contributed by atoms with Crippen LogP contribution in [0.1, 0.15) is 22.3 Å². The van der Waals surface area contributed by atoms with Gasteiger partial charge in [0, 0.05) is 44.2 Å². The van der Waals surface area contributed by atoms with Crippen LogP contribution >= 0.6 is 0 Å². The Morgan fingerprint density at radius 2 is 0.905 bits per heavy atom. The van der Waals surface area contributed by atoms with Gasteiger partial charge in [-0.05, 0) is 63.2 Å². The maximum Gasteiger partial charge on any atom is 0.160 e. The molecule has 1 spiro atoms.